The minimum atomic E-state index is 0.277. The van der Waals surface area contributed by atoms with Gasteiger partial charge in [0.2, 0.25) is 0 Å². The minimum absolute atomic E-state index is 0.277. The van der Waals surface area contributed by atoms with Crippen molar-refractivity contribution in [1.29, 1.82) is 0 Å². The van der Waals surface area contributed by atoms with Crippen LogP contribution in [0.5, 0.6) is 0 Å². The Hall–Kier alpha value is -0.760. The molecule has 1 aliphatic rings. The van der Waals surface area contributed by atoms with Crippen molar-refractivity contribution in [3.8, 4) is 0 Å². The van der Waals surface area contributed by atoms with Gasteiger partial charge in [0.25, 0.3) is 0 Å². The first-order valence-corrected chi connectivity index (χ1v) is 6.73. The Morgan fingerprint density at radius 2 is 1.81 bits per heavy atom. The third kappa shape index (κ3) is 2.49. The third-order valence-corrected chi connectivity index (χ3v) is 4.05. The first kappa shape index (κ1) is 11.7. The van der Waals surface area contributed by atoms with Crippen LogP contribution in [0.2, 0.25) is 0 Å². The highest BCUT2D eigenvalue weighted by Crippen LogP contribution is 2.33. The molecule has 0 spiro atoms. The summed E-state index contributed by atoms with van der Waals surface area (Å²) in [5.74, 6) is 1.12. The molecule has 1 unspecified atom stereocenters. The molecular weight excluding hydrogens is 214 g/mol. The van der Waals surface area contributed by atoms with Crippen LogP contribution in [0.1, 0.15) is 31.9 Å². The van der Waals surface area contributed by atoms with Crippen molar-refractivity contribution in [2.45, 2.75) is 33.7 Å². The maximum absolute atomic E-state index is 4.84. The Bertz CT molecular complexity index is 398. The highest BCUT2D eigenvalue weighted by atomic mass is 32.2. The lowest BCUT2D eigenvalue weighted by Gasteiger charge is -2.23. The molecule has 0 amide bonds. The van der Waals surface area contributed by atoms with Gasteiger partial charge in [0.1, 0.15) is 0 Å². The van der Waals surface area contributed by atoms with Gasteiger partial charge >= 0.3 is 0 Å². The van der Waals surface area contributed by atoms with E-state index in [2.05, 4.69) is 52.0 Å². The summed E-state index contributed by atoms with van der Waals surface area (Å²) in [4.78, 5) is 4.84. The maximum atomic E-state index is 4.84. The molecule has 1 aromatic carbocycles. The molecular formula is C14H19NS. The van der Waals surface area contributed by atoms with Crippen molar-refractivity contribution in [3.05, 3.63) is 35.4 Å². The smallest absolute Gasteiger partial charge is 0.0981 e. The number of hydrogen-bond acceptors (Lipinski definition) is 2. The Kier molecular flexibility index (Phi) is 3.11. The number of benzene rings is 1. The fourth-order valence-electron chi connectivity index (χ4n) is 1.67. The molecule has 1 aliphatic heterocycles. The molecule has 1 atom stereocenters. The van der Waals surface area contributed by atoms with E-state index in [0.29, 0.717) is 6.04 Å². The number of rotatable bonds is 1. The summed E-state index contributed by atoms with van der Waals surface area (Å²) < 4.78 is 0. The largest absolute Gasteiger partial charge is 0.273 e. The molecule has 1 aromatic rings. The van der Waals surface area contributed by atoms with E-state index >= 15 is 0 Å². The Morgan fingerprint density at radius 1 is 1.19 bits per heavy atom. The Morgan fingerprint density at radius 3 is 2.31 bits per heavy atom. The molecule has 0 saturated carbocycles. The molecule has 0 N–H and O–H groups in total. The predicted octanol–water partition coefficient (Wildman–Crippen LogP) is 3.90. The summed E-state index contributed by atoms with van der Waals surface area (Å²) in [6, 6.07) is 9.11. The molecule has 1 heterocycles. The lowest BCUT2D eigenvalue weighted by molar-refractivity contribution is 0.349. The van der Waals surface area contributed by atoms with Gasteiger partial charge in [-0.1, -0.05) is 50.6 Å². The summed E-state index contributed by atoms with van der Waals surface area (Å²) in [5.41, 5.74) is 2.85. The summed E-state index contributed by atoms with van der Waals surface area (Å²) in [5, 5.41) is 1.21. The normalized spacial score (nSPS) is 21.0. The standard InChI is InChI=1S/C14H19NS/c1-10-5-7-11(8-6-10)13-15-12(9-16-13)14(2,3)4/h5-8,12H,9H2,1-4H3. The van der Waals surface area contributed by atoms with Crippen molar-refractivity contribution in [2.24, 2.45) is 10.4 Å². The molecule has 2 rings (SSSR count). The summed E-state index contributed by atoms with van der Waals surface area (Å²) in [7, 11) is 0. The van der Waals surface area contributed by atoms with Crippen LogP contribution < -0.4 is 0 Å². The highest BCUT2D eigenvalue weighted by Gasteiger charge is 2.29. The predicted molar refractivity (Wildman–Crippen MR) is 73.4 cm³/mol. The van der Waals surface area contributed by atoms with E-state index in [1.807, 2.05) is 11.8 Å². The van der Waals surface area contributed by atoms with Crippen LogP contribution in [-0.4, -0.2) is 16.8 Å². The minimum Gasteiger partial charge on any atom is -0.273 e. The number of aryl methyl sites for hydroxylation is 1. The summed E-state index contributed by atoms with van der Waals surface area (Å²) in [6.07, 6.45) is 0. The zero-order valence-corrected chi connectivity index (χ0v) is 11.3. The van der Waals surface area contributed by atoms with Crippen molar-refractivity contribution < 1.29 is 0 Å². The fourth-order valence-corrected chi connectivity index (χ4v) is 3.07. The number of aliphatic imine (C=N–C) groups is 1. The van der Waals surface area contributed by atoms with Crippen LogP contribution in [0, 0.1) is 12.3 Å². The molecule has 2 heteroatoms. The van der Waals surface area contributed by atoms with Crippen molar-refractivity contribution >= 4 is 16.8 Å². The van der Waals surface area contributed by atoms with E-state index < -0.39 is 0 Å². The van der Waals surface area contributed by atoms with Crippen LogP contribution >= 0.6 is 11.8 Å². The van der Waals surface area contributed by atoms with Crippen LogP contribution in [0.15, 0.2) is 29.3 Å². The molecule has 0 fully saturated rings. The quantitative estimate of drug-likeness (QED) is 0.716. The topological polar surface area (TPSA) is 12.4 Å². The Labute approximate surface area is 102 Å². The van der Waals surface area contributed by atoms with Crippen molar-refractivity contribution in [3.63, 3.8) is 0 Å². The van der Waals surface area contributed by atoms with Gasteiger partial charge in [0.15, 0.2) is 0 Å². The van der Waals surface area contributed by atoms with Crippen LogP contribution in [0.25, 0.3) is 0 Å². The Balaban J connectivity index is 2.21. The van der Waals surface area contributed by atoms with E-state index in [-0.39, 0.29) is 5.41 Å². The molecule has 0 saturated heterocycles. The van der Waals surface area contributed by atoms with Crippen LogP contribution in [0.4, 0.5) is 0 Å². The first-order valence-electron chi connectivity index (χ1n) is 5.74. The van der Waals surface area contributed by atoms with E-state index in [4.69, 9.17) is 4.99 Å². The van der Waals surface area contributed by atoms with Gasteiger partial charge in [0, 0.05) is 11.3 Å². The van der Waals surface area contributed by atoms with E-state index in [1.165, 1.54) is 16.2 Å². The van der Waals surface area contributed by atoms with Crippen molar-refractivity contribution in [1.82, 2.24) is 0 Å². The second-order valence-corrected chi connectivity index (χ2v) is 6.50. The third-order valence-electron chi connectivity index (χ3n) is 2.95. The van der Waals surface area contributed by atoms with Gasteiger partial charge in [-0.3, -0.25) is 4.99 Å². The van der Waals surface area contributed by atoms with Crippen LogP contribution in [-0.2, 0) is 0 Å². The fraction of sp³-hybridized carbons (Fsp3) is 0.500. The second-order valence-electron chi connectivity index (χ2n) is 5.49. The van der Waals surface area contributed by atoms with Gasteiger partial charge < -0.3 is 0 Å². The van der Waals surface area contributed by atoms with Gasteiger partial charge in [-0.2, -0.15) is 0 Å². The van der Waals surface area contributed by atoms with Gasteiger partial charge in [0.05, 0.1) is 11.1 Å². The van der Waals surface area contributed by atoms with E-state index in [0.717, 1.165) is 5.75 Å². The van der Waals surface area contributed by atoms with E-state index in [9.17, 15) is 0 Å². The summed E-state index contributed by atoms with van der Waals surface area (Å²) in [6.45, 7) is 8.91. The monoisotopic (exact) mass is 233 g/mol. The zero-order valence-electron chi connectivity index (χ0n) is 10.4. The van der Waals surface area contributed by atoms with E-state index in [1.54, 1.807) is 0 Å². The summed E-state index contributed by atoms with van der Waals surface area (Å²) >= 11 is 1.89. The van der Waals surface area contributed by atoms with Gasteiger partial charge in [-0.05, 0) is 12.3 Å². The average Bonchev–Trinajstić information content (AvgIpc) is 2.67. The number of hydrogen-bond donors (Lipinski definition) is 0. The molecule has 0 aliphatic carbocycles. The lowest BCUT2D eigenvalue weighted by atomic mass is 9.88. The molecule has 0 bridgehead atoms. The second kappa shape index (κ2) is 4.25. The van der Waals surface area contributed by atoms with Crippen LogP contribution in [0.3, 0.4) is 0 Å². The first-order chi connectivity index (χ1) is 7.47. The molecule has 86 valence electrons. The number of thioether (sulfide) groups is 1. The number of nitrogens with zero attached hydrogens (tertiary/aromatic N) is 1. The zero-order chi connectivity index (χ0) is 11.8. The van der Waals surface area contributed by atoms with Gasteiger partial charge in [-0.15, -0.1) is 11.8 Å². The maximum Gasteiger partial charge on any atom is 0.0981 e. The lowest BCUT2D eigenvalue weighted by Crippen LogP contribution is -2.24. The van der Waals surface area contributed by atoms with Gasteiger partial charge in [-0.25, -0.2) is 0 Å². The molecule has 16 heavy (non-hydrogen) atoms. The molecule has 0 aromatic heterocycles. The average molecular weight is 233 g/mol. The molecule has 1 nitrogen and oxygen atoms in total. The van der Waals surface area contributed by atoms with Crippen molar-refractivity contribution in [2.75, 3.05) is 5.75 Å². The SMILES string of the molecule is Cc1ccc(C2=NC(C(C)(C)C)CS2)cc1. The highest BCUT2D eigenvalue weighted by molar-refractivity contribution is 8.14. The molecule has 0 radical (unpaired) electrons.